The van der Waals surface area contributed by atoms with Crippen LogP contribution in [0.4, 0.5) is 5.69 Å². The summed E-state index contributed by atoms with van der Waals surface area (Å²) >= 11 is 0. The number of benzene rings is 1. The summed E-state index contributed by atoms with van der Waals surface area (Å²) in [4.78, 5) is 14.7. The SMILES string of the molecule is O=C(Cc1cc[nH]c1)Nc1ccc2cn[nH]c2c1. The van der Waals surface area contributed by atoms with Crippen LogP contribution >= 0.6 is 0 Å². The second-order valence-electron chi connectivity index (χ2n) is 4.12. The minimum Gasteiger partial charge on any atom is -0.367 e. The van der Waals surface area contributed by atoms with Gasteiger partial charge in [-0.15, -0.1) is 0 Å². The molecule has 1 aromatic carbocycles. The van der Waals surface area contributed by atoms with Gasteiger partial charge < -0.3 is 10.3 Å². The maximum Gasteiger partial charge on any atom is 0.228 e. The van der Waals surface area contributed by atoms with Crippen LogP contribution in [0.1, 0.15) is 5.56 Å². The van der Waals surface area contributed by atoms with Crippen LogP contribution in [-0.2, 0) is 11.2 Å². The van der Waals surface area contributed by atoms with Gasteiger partial charge in [-0.1, -0.05) is 0 Å². The third-order valence-corrected chi connectivity index (χ3v) is 2.75. The number of amides is 1. The van der Waals surface area contributed by atoms with Gasteiger partial charge in [0.2, 0.25) is 5.91 Å². The maximum atomic E-state index is 11.8. The largest absolute Gasteiger partial charge is 0.367 e. The molecule has 0 saturated heterocycles. The van der Waals surface area contributed by atoms with Crippen molar-refractivity contribution in [3.05, 3.63) is 48.4 Å². The van der Waals surface area contributed by atoms with E-state index in [2.05, 4.69) is 20.5 Å². The molecule has 5 heteroatoms. The van der Waals surface area contributed by atoms with E-state index in [0.717, 1.165) is 22.2 Å². The Morgan fingerprint density at radius 3 is 3.11 bits per heavy atom. The molecule has 2 aromatic heterocycles. The van der Waals surface area contributed by atoms with Crippen molar-refractivity contribution in [2.24, 2.45) is 0 Å². The molecule has 2 heterocycles. The Labute approximate surface area is 103 Å². The van der Waals surface area contributed by atoms with E-state index in [1.54, 1.807) is 12.4 Å². The summed E-state index contributed by atoms with van der Waals surface area (Å²) in [6, 6.07) is 7.55. The quantitative estimate of drug-likeness (QED) is 0.655. The molecule has 0 atom stereocenters. The number of H-pyrrole nitrogens is 2. The van der Waals surface area contributed by atoms with E-state index in [-0.39, 0.29) is 5.91 Å². The van der Waals surface area contributed by atoms with Gasteiger partial charge in [0.1, 0.15) is 0 Å². The lowest BCUT2D eigenvalue weighted by Gasteiger charge is -2.04. The molecule has 3 N–H and O–H groups in total. The summed E-state index contributed by atoms with van der Waals surface area (Å²) in [6.45, 7) is 0. The number of aromatic nitrogens is 3. The number of nitrogens with one attached hydrogen (secondary N) is 3. The molecule has 0 aliphatic carbocycles. The normalized spacial score (nSPS) is 10.7. The maximum absolute atomic E-state index is 11.8. The molecule has 3 rings (SSSR count). The van der Waals surface area contributed by atoms with Crippen LogP contribution in [0.5, 0.6) is 0 Å². The number of carbonyl (C=O) groups is 1. The monoisotopic (exact) mass is 240 g/mol. The average molecular weight is 240 g/mol. The zero-order valence-corrected chi connectivity index (χ0v) is 9.60. The Morgan fingerprint density at radius 2 is 2.28 bits per heavy atom. The van der Waals surface area contributed by atoms with Crippen LogP contribution in [0.15, 0.2) is 42.9 Å². The van der Waals surface area contributed by atoms with Gasteiger partial charge in [0.25, 0.3) is 0 Å². The average Bonchev–Trinajstić information content (AvgIpc) is 2.98. The van der Waals surface area contributed by atoms with E-state index in [4.69, 9.17) is 0 Å². The predicted octanol–water partition coefficient (Wildman–Crippen LogP) is 2.07. The summed E-state index contributed by atoms with van der Waals surface area (Å²) < 4.78 is 0. The van der Waals surface area contributed by atoms with E-state index in [1.165, 1.54) is 0 Å². The topological polar surface area (TPSA) is 73.6 Å². The first kappa shape index (κ1) is 10.6. The van der Waals surface area contributed by atoms with Crippen molar-refractivity contribution in [1.82, 2.24) is 15.2 Å². The molecule has 0 fully saturated rings. The lowest BCUT2D eigenvalue weighted by Crippen LogP contribution is -2.13. The number of carbonyl (C=O) groups excluding carboxylic acids is 1. The second-order valence-corrected chi connectivity index (χ2v) is 4.12. The zero-order valence-electron chi connectivity index (χ0n) is 9.60. The van der Waals surface area contributed by atoms with Crippen molar-refractivity contribution < 1.29 is 4.79 Å². The van der Waals surface area contributed by atoms with Gasteiger partial charge in [-0.3, -0.25) is 9.89 Å². The fourth-order valence-electron chi connectivity index (χ4n) is 1.87. The smallest absolute Gasteiger partial charge is 0.228 e. The third-order valence-electron chi connectivity index (χ3n) is 2.75. The molecule has 1 amide bonds. The molecule has 0 unspecified atom stereocenters. The highest BCUT2D eigenvalue weighted by Crippen LogP contribution is 2.16. The van der Waals surface area contributed by atoms with E-state index in [1.807, 2.05) is 30.5 Å². The van der Waals surface area contributed by atoms with Crippen LogP contribution in [0.2, 0.25) is 0 Å². The van der Waals surface area contributed by atoms with Gasteiger partial charge in [-0.25, -0.2) is 0 Å². The number of fused-ring (bicyclic) bond motifs is 1. The summed E-state index contributed by atoms with van der Waals surface area (Å²) in [5.74, 6) is -0.0338. The number of nitrogens with zero attached hydrogens (tertiary/aromatic N) is 1. The lowest BCUT2D eigenvalue weighted by molar-refractivity contribution is -0.115. The molecule has 3 aromatic rings. The molecule has 0 bridgehead atoms. The highest BCUT2D eigenvalue weighted by atomic mass is 16.1. The molecule has 18 heavy (non-hydrogen) atoms. The Bertz CT molecular complexity index is 669. The van der Waals surface area contributed by atoms with E-state index in [0.29, 0.717) is 6.42 Å². The fourth-order valence-corrected chi connectivity index (χ4v) is 1.87. The first-order valence-electron chi connectivity index (χ1n) is 5.66. The lowest BCUT2D eigenvalue weighted by atomic mass is 10.2. The second kappa shape index (κ2) is 4.37. The molecule has 0 aliphatic rings. The van der Waals surface area contributed by atoms with Crippen molar-refractivity contribution in [2.45, 2.75) is 6.42 Å². The van der Waals surface area contributed by atoms with Gasteiger partial charge in [-0.2, -0.15) is 5.10 Å². The summed E-state index contributed by atoms with van der Waals surface area (Å²) in [5, 5.41) is 10.7. The Balaban J connectivity index is 1.73. The minimum absolute atomic E-state index is 0.0338. The van der Waals surface area contributed by atoms with Crippen LogP contribution in [0.3, 0.4) is 0 Å². The van der Waals surface area contributed by atoms with Crippen LogP contribution in [0.25, 0.3) is 10.9 Å². The molecule has 0 spiro atoms. The van der Waals surface area contributed by atoms with Gasteiger partial charge in [-0.05, 0) is 29.8 Å². The summed E-state index contributed by atoms with van der Waals surface area (Å²) in [6.07, 6.45) is 5.74. The van der Waals surface area contributed by atoms with Crippen LogP contribution in [-0.4, -0.2) is 21.1 Å². The first-order valence-corrected chi connectivity index (χ1v) is 5.66. The fraction of sp³-hybridized carbons (Fsp3) is 0.0769. The highest BCUT2D eigenvalue weighted by molar-refractivity contribution is 5.94. The first-order chi connectivity index (χ1) is 8.81. The minimum atomic E-state index is -0.0338. The zero-order chi connectivity index (χ0) is 12.4. The van der Waals surface area contributed by atoms with Gasteiger partial charge in [0, 0.05) is 23.5 Å². The van der Waals surface area contributed by atoms with Gasteiger partial charge >= 0.3 is 0 Å². The standard InChI is InChI=1S/C13H12N4O/c18-13(5-9-3-4-14-7-9)16-11-2-1-10-8-15-17-12(10)6-11/h1-4,6-8,14H,5H2,(H,15,17)(H,16,18). The number of hydrogen-bond acceptors (Lipinski definition) is 2. The molecule has 0 saturated carbocycles. The van der Waals surface area contributed by atoms with Crippen molar-refractivity contribution >= 4 is 22.5 Å². The van der Waals surface area contributed by atoms with E-state index >= 15 is 0 Å². The van der Waals surface area contributed by atoms with Crippen molar-refractivity contribution in [2.75, 3.05) is 5.32 Å². The molecular weight excluding hydrogens is 228 g/mol. The molecule has 90 valence electrons. The summed E-state index contributed by atoms with van der Waals surface area (Å²) in [5.41, 5.74) is 2.65. The van der Waals surface area contributed by atoms with Crippen LogP contribution < -0.4 is 5.32 Å². The third kappa shape index (κ3) is 2.10. The number of aromatic amines is 2. The van der Waals surface area contributed by atoms with E-state index in [9.17, 15) is 4.79 Å². The molecular formula is C13H12N4O. The van der Waals surface area contributed by atoms with Crippen molar-refractivity contribution in [3.63, 3.8) is 0 Å². The molecule has 0 aliphatic heterocycles. The number of hydrogen-bond donors (Lipinski definition) is 3. The number of anilines is 1. The predicted molar refractivity (Wildman–Crippen MR) is 69.2 cm³/mol. The van der Waals surface area contributed by atoms with E-state index < -0.39 is 0 Å². The number of rotatable bonds is 3. The summed E-state index contributed by atoms with van der Waals surface area (Å²) in [7, 11) is 0. The van der Waals surface area contributed by atoms with Crippen LogP contribution in [0, 0.1) is 0 Å². The Hall–Kier alpha value is -2.56. The van der Waals surface area contributed by atoms with Crippen molar-refractivity contribution in [3.8, 4) is 0 Å². The van der Waals surface area contributed by atoms with Gasteiger partial charge in [0.05, 0.1) is 18.1 Å². The molecule has 0 radical (unpaired) electrons. The Kier molecular flexibility index (Phi) is 2.57. The molecule has 5 nitrogen and oxygen atoms in total. The van der Waals surface area contributed by atoms with Gasteiger partial charge in [0.15, 0.2) is 0 Å². The highest BCUT2D eigenvalue weighted by Gasteiger charge is 2.05. The van der Waals surface area contributed by atoms with Crippen molar-refractivity contribution in [1.29, 1.82) is 0 Å². The Morgan fingerprint density at radius 1 is 1.33 bits per heavy atom.